The molecule has 2 aromatic carbocycles. The molecule has 0 fully saturated rings. The van der Waals surface area contributed by atoms with Gasteiger partial charge < -0.3 is 5.32 Å². The highest BCUT2D eigenvalue weighted by Crippen LogP contribution is 2.29. The molecule has 1 N–H and O–H groups in total. The van der Waals surface area contributed by atoms with Crippen LogP contribution in [-0.2, 0) is 19.3 Å². The molecule has 3 rings (SSSR count). The molecule has 0 spiro atoms. The van der Waals surface area contributed by atoms with Gasteiger partial charge in [0.1, 0.15) is 0 Å². The van der Waals surface area contributed by atoms with Crippen molar-refractivity contribution < 1.29 is 0 Å². The molecule has 1 atom stereocenters. The van der Waals surface area contributed by atoms with Gasteiger partial charge in [-0.1, -0.05) is 42.8 Å². The Kier molecular flexibility index (Phi) is 3.71. The van der Waals surface area contributed by atoms with Gasteiger partial charge >= 0.3 is 0 Å². The Bertz CT molecular complexity index is 633. The first-order valence-corrected chi connectivity index (χ1v) is 7.67. The van der Waals surface area contributed by atoms with Crippen molar-refractivity contribution in [1.29, 1.82) is 0 Å². The van der Waals surface area contributed by atoms with E-state index in [1.807, 2.05) is 6.07 Å². The average Bonchev–Trinajstić information content (AvgIpc) is 2.82. The summed E-state index contributed by atoms with van der Waals surface area (Å²) in [5.74, 6) is 0. The van der Waals surface area contributed by atoms with Gasteiger partial charge in [0.05, 0.1) is 0 Å². The van der Waals surface area contributed by atoms with Gasteiger partial charge in [-0.25, -0.2) is 0 Å². The van der Waals surface area contributed by atoms with Gasteiger partial charge in [-0.15, -0.1) is 0 Å². The van der Waals surface area contributed by atoms with Crippen LogP contribution in [0.5, 0.6) is 0 Å². The summed E-state index contributed by atoms with van der Waals surface area (Å²) in [5.41, 5.74) is 6.87. The van der Waals surface area contributed by atoms with E-state index in [0.29, 0.717) is 6.04 Å². The molecule has 0 aliphatic heterocycles. The predicted molar refractivity (Wildman–Crippen MR) is 86.8 cm³/mol. The molecule has 0 saturated carbocycles. The van der Waals surface area contributed by atoms with Crippen LogP contribution in [-0.4, -0.2) is 6.04 Å². The van der Waals surface area contributed by atoms with Crippen LogP contribution in [0.2, 0.25) is 5.02 Å². The number of benzene rings is 2. The number of hydrogen-bond donors (Lipinski definition) is 1. The van der Waals surface area contributed by atoms with Crippen LogP contribution in [0.25, 0.3) is 0 Å². The van der Waals surface area contributed by atoms with Crippen LogP contribution in [0.1, 0.15) is 29.2 Å². The summed E-state index contributed by atoms with van der Waals surface area (Å²) in [6.07, 6.45) is 3.22. The van der Waals surface area contributed by atoms with Gasteiger partial charge in [-0.2, -0.15) is 0 Å². The second kappa shape index (κ2) is 5.49. The summed E-state index contributed by atoms with van der Waals surface area (Å²) < 4.78 is 0. The second-order valence-electron chi connectivity index (χ2n) is 5.63. The fourth-order valence-electron chi connectivity index (χ4n) is 3.12. The van der Waals surface area contributed by atoms with E-state index < -0.39 is 0 Å². The van der Waals surface area contributed by atoms with E-state index in [4.69, 9.17) is 11.6 Å². The maximum absolute atomic E-state index is 6.08. The molecule has 1 nitrogen and oxygen atoms in total. The number of hydrogen-bond acceptors (Lipinski definition) is 1. The van der Waals surface area contributed by atoms with Gasteiger partial charge in [-0.3, -0.25) is 0 Å². The molecule has 2 aromatic rings. The van der Waals surface area contributed by atoms with Crippen LogP contribution in [0, 0.1) is 6.92 Å². The van der Waals surface area contributed by atoms with Crippen LogP contribution >= 0.6 is 11.6 Å². The van der Waals surface area contributed by atoms with Gasteiger partial charge in [-0.05, 0) is 60.6 Å². The standard InChI is InChI=1S/C18H20ClN/c1-3-13-6-4-5-12(2)18(13)20-17-10-14-7-8-16(19)9-15(14)11-17/h4-9,17,20H,3,10-11H2,1-2H3. The lowest BCUT2D eigenvalue weighted by molar-refractivity contribution is 0.771. The average molecular weight is 286 g/mol. The quantitative estimate of drug-likeness (QED) is 0.855. The zero-order valence-electron chi connectivity index (χ0n) is 12.0. The van der Waals surface area contributed by atoms with E-state index in [1.165, 1.54) is 27.9 Å². The number of anilines is 1. The molecule has 1 aliphatic carbocycles. The van der Waals surface area contributed by atoms with Crippen molar-refractivity contribution >= 4 is 17.3 Å². The molecule has 0 amide bonds. The minimum absolute atomic E-state index is 0.481. The summed E-state index contributed by atoms with van der Waals surface area (Å²) >= 11 is 6.08. The smallest absolute Gasteiger partial charge is 0.0408 e. The number of para-hydroxylation sites is 1. The van der Waals surface area contributed by atoms with Crippen LogP contribution in [0.3, 0.4) is 0 Å². The van der Waals surface area contributed by atoms with Crippen molar-refractivity contribution in [2.45, 2.75) is 39.2 Å². The Morgan fingerprint density at radius 2 is 1.95 bits per heavy atom. The van der Waals surface area contributed by atoms with Crippen LogP contribution < -0.4 is 5.32 Å². The van der Waals surface area contributed by atoms with Crippen LogP contribution in [0.15, 0.2) is 36.4 Å². The molecule has 0 heterocycles. The van der Waals surface area contributed by atoms with E-state index >= 15 is 0 Å². The molecule has 0 saturated heterocycles. The highest BCUT2D eigenvalue weighted by atomic mass is 35.5. The Balaban J connectivity index is 1.81. The third kappa shape index (κ3) is 2.55. The molecule has 0 radical (unpaired) electrons. The second-order valence-corrected chi connectivity index (χ2v) is 6.06. The highest BCUT2D eigenvalue weighted by Gasteiger charge is 2.22. The molecule has 104 valence electrons. The monoisotopic (exact) mass is 285 g/mol. The lowest BCUT2D eigenvalue weighted by atomic mass is 10.0. The van der Waals surface area contributed by atoms with Crippen molar-refractivity contribution in [2.24, 2.45) is 0 Å². The van der Waals surface area contributed by atoms with E-state index in [-0.39, 0.29) is 0 Å². The van der Waals surface area contributed by atoms with E-state index in [9.17, 15) is 0 Å². The lowest BCUT2D eigenvalue weighted by Crippen LogP contribution is -2.21. The minimum Gasteiger partial charge on any atom is -0.381 e. The maximum Gasteiger partial charge on any atom is 0.0408 e. The van der Waals surface area contributed by atoms with Crippen molar-refractivity contribution in [1.82, 2.24) is 0 Å². The molecular weight excluding hydrogens is 266 g/mol. The summed E-state index contributed by atoms with van der Waals surface area (Å²) in [6.45, 7) is 4.39. The molecule has 0 bridgehead atoms. The molecular formula is C18H20ClN. The number of rotatable bonds is 3. The summed E-state index contributed by atoms with van der Waals surface area (Å²) in [5, 5.41) is 4.59. The van der Waals surface area contributed by atoms with E-state index in [0.717, 1.165) is 24.3 Å². The number of aryl methyl sites for hydroxylation is 2. The molecule has 1 aliphatic rings. The van der Waals surface area contributed by atoms with Gasteiger partial charge in [0.15, 0.2) is 0 Å². The van der Waals surface area contributed by atoms with Gasteiger partial charge in [0.25, 0.3) is 0 Å². The van der Waals surface area contributed by atoms with Crippen molar-refractivity contribution in [3.63, 3.8) is 0 Å². The Morgan fingerprint density at radius 3 is 2.75 bits per heavy atom. The molecule has 20 heavy (non-hydrogen) atoms. The Labute approximate surface area is 126 Å². The molecule has 0 aromatic heterocycles. The normalized spacial score (nSPS) is 17.1. The van der Waals surface area contributed by atoms with E-state index in [2.05, 4.69) is 49.5 Å². The highest BCUT2D eigenvalue weighted by molar-refractivity contribution is 6.30. The number of halogens is 1. The van der Waals surface area contributed by atoms with Crippen molar-refractivity contribution in [2.75, 3.05) is 5.32 Å². The maximum atomic E-state index is 6.08. The first-order chi connectivity index (χ1) is 9.67. The third-order valence-corrected chi connectivity index (χ3v) is 4.42. The summed E-state index contributed by atoms with van der Waals surface area (Å²) in [4.78, 5) is 0. The number of fused-ring (bicyclic) bond motifs is 1. The first-order valence-electron chi connectivity index (χ1n) is 7.29. The Morgan fingerprint density at radius 1 is 1.15 bits per heavy atom. The number of nitrogens with one attached hydrogen (secondary N) is 1. The largest absolute Gasteiger partial charge is 0.381 e. The minimum atomic E-state index is 0.481. The fourth-order valence-corrected chi connectivity index (χ4v) is 3.32. The van der Waals surface area contributed by atoms with Crippen molar-refractivity contribution in [3.8, 4) is 0 Å². The third-order valence-electron chi connectivity index (χ3n) is 4.19. The SMILES string of the molecule is CCc1cccc(C)c1NC1Cc2ccc(Cl)cc2C1. The van der Waals surface area contributed by atoms with Gasteiger partial charge in [0.2, 0.25) is 0 Å². The van der Waals surface area contributed by atoms with E-state index in [1.54, 1.807) is 0 Å². The fraction of sp³-hybridized carbons (Fsp3) is 0.333. The summed E-state index contributed by atoms with van der Waals surface area (Å²) in [6, 6.07) is 13.3. The molecule has 1 unspecified atom stereocenters. The van der Waals surface area contributed by atoms with Gasteiger partial charge in [0, 0.05) is 16.8 Å². The predicted octanol–water partition coefficient (Wildman–Crippen LogP) is 4.79. The first kappa shape index (κ1) is 13.5. The Hall–Kier alpha value is -1.47. The zero-order valence-corrected chi connectivity index (χ0v) is 12.8. The topological polar surface area (TPSA) is 12.0 Å². The van der Waals surface area contributed by atoms with Crippen molar-refractivity contribution in [3.05, 3.63) is 63.7 Å². The lowest BCUT2D eigenvalue weighted by Gasteiger charge is -2.19. The zero-order chi connectivity index (χ0) is 14.1. The molecule has 2 heteroatoms. The summed E-state index contributed by atoms with van der Waals surface area (Å²) in [7, 11) is 0. The van der Waals surface area contributed by atoms with Crippen LogP contribution in [0.4, 0.5) is 5.69 Å².